The minimum atomic E-state index is -0.479. The second-order valence-corrected chi connectivity index (χ2v) is 4.74. The minimum absolute atomic E-state index is 0.171. The summed E-state index contributed by atoms with van der Waals surface area (Å²) in [7, 11) is 3.12. The molecule has 96 valence electrons. The van der Waals surface area contributed by atoms with Crippen LogP contribution in [-0.2, 0) is 14.3 Å². The largest absolute Gasteiger partial charge is 0.469 e. The van der Waals surface area contributed by atoms with Gasteiger partial charge in [-0.2, -0.15) is 0 Å². The van der Waals surface area contributed by atoms with E-state index in [-0.39, 0.29) is 5.97 Å². The lowest BCUT2D eigenvalue weighted by Crippen LogP contribution is -2.45. The summed E-state index contributed by atoms with van der Waals surface area (Å²) in [5.41, 5.74) is -0.479. The number of rotatable bonds is 7. The standard InChI is InChI=1S/C12H25NO3/c1-7-13(10(2)8-15-5)9-12(3,4)11(14)16-6/h10H,7-9H2,1-6H3. The fourth-order valence-electron chi connectivity index (χ4n) is 1.77. The molecule has 0 fully saturated rings. The van der Waals surface area contributed by atoms with Gasteiger partial charge in [-0.15, -0.1) is 0 Å². The molecule has 0 saturated heterocycles. The van der Waals surface area contributed by atoms with Crippen molar-refractivity contribution in [1.29, 1.82) is 0 Å². The van der Waals surface area contributed by atoms with E-state index in [1.807, 2.05) is 13.8 Å². The van der Waals surface area contributed by atoms with Gasteiger partial charge in [0.1, 0.15) is 0 Å². The van der Waals surface area contributed by atoms with Gasteiger partial charge in [-0.25, -0.2) is 0 Å². The van der Waals surface area contributed by atoms with Gasteiger partial charge in [0.2, 0.25) is 0 Å². The fourth-order valence-corrected chi connectivity index (χ4v) is 1.77. The Hall–Kier alpha value is -0.610. The highest BCUT2D eigenvalue weighted by Crippen LogP contribution is 2.20. The number of methoxy groups -OCH3 is 2. The van der Waals surface area contributed by atoms with E-state index in [0.717, 1.165) is 6.54 Å². The molecule has 1 atom stereocenters. The number of likely N-dealkylation sites (N-methyl/N-ethyl adjacent to an activating group) is 1. The first-order valence-electron chi connectivity index (χ1n) is 5.70. The fraction of sp³-hybridized carbons (Fsp3) is 0.917. The van der Waals surface area contributed by atoms with Crippen molar-refractivity contribution in [3.05, 3.63) is 0 Å². The number of nitrogens with zero attached hydrogens (tertiary/aromatic N) is 1. The SMILES string of the molecule is CCN(CC(C)(C)C(=O)OC)C(C)COC. The Balaban J connectivity index is 4.46. The van der Waals surface area contributed by atoms with Gasteiger partial charge in [-0.05, 0) is 27.3 Å². The summed E-state index contributed by atoms with van der Waals surface area (Å²) in [6, 6.07) is 0.305. The highest BCUT2D eigenvalue weighted by atomic mass is 16.5. The summed E-state index contributed by atoms with van der Waals surface area (Å²) in [6.45, 7) is 10.2. The van der Waals surface area contributed by atoms with Crippen molar-refractivity contribution in [2.24, 2.45) is 5.41 Å². The van der Waals surface area contributed by atoms with Crippen LogP contribution in [0, 0.1) is 5.41 Å². The lowest BCUT2D eigenvalue weighted by atomic mass is 9.92. The van der Waals surface area contributed by atoms with Crippen molar-refractivity contribution in [2.45, 2.75) is 33.7 Å². The summed E-state index contributed by atoms with van der Waals surface area (Å²) < 4.78 is 9.93. The Morgan fingerprint density at radius 3 is 2.31 bits per heavy atom. The van der Waals surface area contributed by atoms with Gasteiger partial charge in [0.25, 0.3) is 0 Å². The summed E-state index contributed by atoms with van der Waals surface area (Å²) in [6.07, 6.45) is 0. The van der Waals surface area contributed by atoms with Crippen LogP contribution in [-0.4, -0.2) is 50.8 Å². The Kier molecular flexibility index (Phi) is 6.60. The molecular weight excluding hydrogens is 206 g/mol. The smallest absolute Gasteiger partial charge is 0.312 e. The Bertz CT molecular complexity index is 216. The van der Waals surface area contributed by atoms with Crippen LogP contribution in [0.1, 0.15) is 27.7 Å². The van der Waals surface area contributed by atoms with Crippen LogP contribution in [0.4, 0.5) is 0 Å². The van der Waals surface area contributed by atoms with Crippen molar-refractivity contribution >= 4 is 5.97 Å². The molecule has 0 saturated carbocycles. The Morgan fingerprint density at radius 2 is 1.94 bits per heavy atom. The monoisotopic (exact) mass is 231 g/mol. The third-order valence-electron chi connectivity index (χ3n) is 2.77. The maximum absolute atomic E-state index is 11.6. The lowest BCUT2D eigenvalue weighted by molar-refractivity contribution is -0.152. The van der Waals surface area contributed by atoms with Gasteiger partial charge in [-0.3, -0.25) is 9.69 Å². The van der Waals surface area contributed by atoms with E-state index in [4.69, 9.17) is 9.47 Å². The average Bonchev–Trinajstić information content (AvgIpc) is 2.24. The average molecular weight is 231 g/mol. The molecule has 16 heavy (non-hydrogen) atoms. The number of carbonyl (C=O) groups excluding carboxylic acids is 1. The number of hydrogen-bond donors (Lipinski definition) is 0. The molecule has 0 rings (SSSR count). The number of esters is 1. The molecule has 0 amide bonds. The lowest BCUT2D eigenvalue weighted by Gasteiger charge is -2.33. The zero-order chi connectivity index (χ0) is 12.8. The van der Waals surface area contributed by atoms with E-state index in [9.17, 15) is 4.79 Å². The molecule has 0 aliphatic rings. The Labute approximate surface area is 98.9 Å². The molecule has 4 nitrogen and oxygen atoms in total. The first-order chi connectivity index (χ1) is 7.38. The zero-order valence-corrected chi connectivity index (χ0v) is 11.4. The van der Waals surface area contributed by atoms with Crippen molar-refractivity contribution in [3.8, 4) is 0 Å². The van der Waals surface area contributed by atoms with Gasteiger partial charge in [0.05, 0.1) is 19.1 Å². The van der Waals surface area contributed by atoms with E-state index < -0.39 is 5.41 Å². The normalized spacial score (nSPS) is 13.9. The molecule has 1 unspecified atom stereocenters. The molecule has 0 N–H and O–H groups in total. The van der Waals surface area contributed by atoms with E-state index in [1.54, 1.807) is 7.11 Å². The van der Waals surface area contributed by atoms with Gasteiger partial charge in [0, 0.05) is 19.7 Å². The van der Waals surface area contributed by atoms with Gasteiger partial charge in [-0.1, -0.05) is 6.92 Å². The molecule has 4 heteroatoms. The molecule has 0 spiro atoms. The molecule has 0 radical (unpaired) electrons. The summed E-state index contributed by atoms with van der Waals surface area (Å²) >= 11 is 0. The van der Waals surface area contributed by atoms with E-state index in [1.165, 1.54) is 7.11 Å². The van der Waals surface area contributed by atoms with Crippen LogP contribution >= 0.6 is 0 Å². The molecule has 0 aromatic heterocycles. The third-order valence-corrected chi connectivity index (χ3v) is 2.77. The van der Waals surface area contributed by atoms with Crippen molar-refractivity contribution < 1.29 is 14.3 Å². The second-order valence-electron chi connectivity index (χ2n) is 4.74. The van der Waals surface area contributed by atoms with Crippen LogP contribution in [0.3, 0.4) is 0 Å². The number of carbonyl (C=O) groups is 1. The van der Waals surface area contributed by atoms with Gasteiger partial charge in [0.15, 0.2) is 0 Å². The highest BCUT2D eigenvalue weighted by Gasteiger charge is 2.32. The van der Waals surface area contributed by atoms with Crippen LogP contribution in [0.5, 0.6) is 0 Å². The summed E-state index contributed by atoms with van der Waals surface area (Å²) in [5, 5.41) is 0. The molecule has 0 aliphatic carbocycles. The van der Waals surface area contributed by atoms with E-state index in [0.29, 0.717) is 19.2 Å². The maximum Gasteiger partial charge on any atom is 0.312 e. The molecule has 0 aliphatic heterocycles. The second kappa shape index (κ2) is 6.86. The van der Waals surface area contributed by atoms with Crippen LogP contribution < -0.4 is 0 Å². The van der Waals surface area contributed by atoms with E-state index >= 15 is 0 Å². The third kappa shape index (κ3) is 4.49. The number of hydrogen-bond acceptors (Lipinski definition) is 4. The van der Waals surface area contributed by atoms with E-state index in [2.05, 4.69) is 18.7 Å². The first-order valence-corrected chi connectivity index (χ1v) is 5.70. The van der Waals surface area contributed by atoms with Crippen molar-refractivity contribution in [3.63, 3.8) is 0 Å². The molecule has 0 aromatic carbocycles. The summed E-state index contributed by atoms with van der Waals surface area (Å²) in [5.74, 6) is -0.171. The molecule has 0 aromatic rings. The maximum atomic E-state index is 11.6. The topological polar surface area (TPSA) is 38.8 Å². The van der Waals surface area contributed by atoms with Crippen LogP contribution in [0.25, 0.3) is 0 Å². The quantitative estimate of drug-likeness (QED) is 0.623. The van der Waals surface area contributed by atoms with Crippen LogP contribution in [0.2, 0.25) is 0 Å². The molecule has 0 bridgehead atoms. The van der Waals surface area contributed by atoms with Gasteiger partial charge < -0.3 is 9.47 Å². The first kappa shape index (κ1) is 15.4. The molecule has 0 heterocycles. The minimum Gasteiger partial charge on any atom is -0.469 e. The van der Waals surface area contributed by atoms with Gasteiger partial charge >= 0.3 is 5.97 Å². The zero-order valence-electron chi connectivity index (χ0n) is 11.4. The molecular formula is C12H25NO3. The van der Waals surface area contributed by atoms with Crippen LogP contribution in [0.15, 0.2) is 0 Å². The Morgan fingerprint density at radius 1 is 1.38 bits per heavy atom. The number of ether oxygens (including phenoxy) is 2. The predicted molar refractivity (Wildman–Crippen MR) is 64.4 cm³/mol. The summed E-state index contributed by atoms with van der Waals surface area (Å²) in [4.78, 5) is 13.8. The highest BCUT2D eigenvalue weighted by molar-refractivity contribution is 5.76. The predicted octanol–water partition coefficient (Wildman–Crippen LogP) is 1.54. The van der Waals surface area contributed by atoms with Crippen molar-refractivity contribution in [2.75, 3.05) is 33.9 Å². The van der Waals surface area contributed by atoms with Crippen molar-refractivity contribution in [1.82, 2.24) is 4.90 Å².